The Morgan fingerprint density at radius 1 is 1.08 bits per heavy atom. The van der Waals surface area contributed by atoms with Crippen molar-refractivity contribution in [2.75, 3.05) is 43.9 Å². The average molecular weight is 522 g/mol. The smallest absolute Gasteiger partial charge is 0.276 e. The van der Waals surface area contributed by atoms with E-state index in [1.807, 2.05) is 27.2 Å². The Labute approximate surface area is 221 Å². The molecule has 11 nitrogen and oxygen atoms in total. The van der Waals surface area contributed by atoms with Crippen LogP contribution in [-0.2, 0) is 7.05 Å². The van der Waals surface area contributed by atoms with E-state index < -0.39 is 10.9 Å². The number of anilines is 3. The lowest BCUT2D eigenvalue weighted by Crippen LogP contribution is -2.47. The van der Waals surface area contributed by atoms with Crippen LogP contribution < -0.4 is 21.5 Å². The maximum absolute atomic E-state index is 13.1. The van der Waals surface area contributed by atoms with E-state index in [0.29, 0.717) is 13.1 Å². The molecule has 202 valence electrons. The van der Waals surface area contributed by atoms with Gasteiger partial charge in [-0.2, -0.15) is 5.10 Å². The van der Waals surface area contributed by atoms with Gasteiger partial charge in [-0.3, -0.25) is 19.1 Å². The van der Waals surface area contributed by atoms with Gasteiger partial charge >= 0.3 is 0 Å². The zero-order valence-electron chi connectivity index (χ0n) is 22.4. The summed E-state index contributed by atoms with van der Waals surface area (Å²) in [6.07, 6.45) is 7.48. The van der Waals surface area contributed by atoms with Crippen LogP contribution in [0.3, 0.4) is 0 Å². The third kappa shape index (κ3) is 4.55. The maximum atomic E-state index is 13.1. The van der Waals surface area contributed by atoms with Crippen LogP contribution in [0.4, 0.5) is 17.1 Å². The van der Waals surface area contributed by atoms with Crippen LogP contribution in [0.5, 0.6) is 5.75 Å². The zero-order valence-corrected chi connectivity index (χ0v) is 22.4. The quantitative estimate of drug-likeness (QED) is 0.401. The molecule has 0 unspecified atom stereocenters. The first kappa shape index (κ1) is 25.9. The van der Waals surface area contributed by atoms with Crippen LogP contribution in [0.15, 0.2) is 28.0 Å². The molecule has 1 aromatic carbocycles. The number of likely N-dealkylation sites (N-methyl/N-ethyl adjacent to an activating group) is 1. The van der Waals surface area contributed by atoms with Gasteiger partial charge in [-0.25, -0.2) is 4.98 Å². The van der Waals surface area contributed by atoms with Gasteiger partial charge in [0.05, 0.1) is 17.4 Å². The van der Waals surface area contributed by atoms with E-state index in [-0.39, 0.29) is 45.9 Å². The number of nitrogens with one attached hydrogen (secondary N) is 2. The lowest BCUT2D eigenvalue weighted by Gasteiger charge is -2.35. The summed E-state index contributed by atoms with van der Waals surface area (Å²) in [4.78, 5) is 46.4. The number of amides is 1. The number of pyridine rings is 1. The number of rotatable bonds is 7. The molecule has 11 heteroatoms. The fourth-order valence-corrected chi connectivity index (χ4v) is 5.75. The molecule has 3 aromatic rings. The van der Waals surface area contributed by atoms with Gasteiger partial charge < -0.3 is 25.5 Å². The molecule has 1 saturated heterocycles. The Hall–Kier alpha value is -3.73. The van der Waals surface area contributed by atoms with Crippen molar-refractivity contribution in [1.82, 2.24) is 24.6 Å². The summed E-state index contributed by atoms with van der Waals surface area (Å²) in [5.74, 6) is -0.724. The van der Waals surface area contributed by atoms with Gasteiger partial charge in [-0.15, -0.1) is 0 Å². The first-order valence-corrected chi connectivity index (χ1v) is 13.1. The molecular formula is C27H35N7O4. The topological polar surface area (TPSA) is 133 Å². The Balaban J connectivity index is 1.43. The molecule has 1 aliphatic heterocycles. The molecule has 0 spiro atoms. The molecule has 1 saturated carbocycles. The van der Waals surface area contributed by atoms with E-state index in [1.54, 1.807) is 9.58 Å². The highest BCUT2D eigenvalue weighted by atomic mass is 16.3. The highest BCUT2D eigenvalue weighted by Gasteiger charge is 2.41. The average Bonchev–Trinajstić information content (AvgIpc) is 3.48. The summed E-state index contributed by atoms with van der Waals surface area (Å²) in [5.41, 5.74) is 0.706. The van der Waals surface area contributed by atoms with Crippen LogP contribution in [0.25, 0.3) is 0 Å². The summed E-state index contributed by atoms with van der Waals surface area (Å²) in [6, 6.07) is 1.21. The predicted octanol–water partition coefficient (Wildman–Crippen LogP) is 2.29. The predicted molar refractivity (Wildman–Crippen MR) is 145 cm³/mol. The minimum absolute atomic E-state index is 0.0645. The van der Waals surface area contributed by atoms with Crippen LogP contribution in [-0.4, -0.2) is 68.8 Å². The van der Waals surface area contributed by atoms with Crippen molar-refractivity contribution in [1.29, 1.82) is 0 Å². The summed E-state index contributed by atoms with van der Waals surface area (Å²) in [6.45, 7) is 6.72. The SMILES string of the molecule is Cc1cn(C)nc1[C@H](Nc1c(Nc2ccnc(C(=O)N3CCN(C)CC3)c2O)c(=O)c1=O)C1(C)CCCC1. The van der Waals surface area contributed by atoms with Gasteiger partial charge in [0.1, 0.15) is 11.4 Å². The van der Waals surface area contributed by atoms with E-state index in [2.05, 4.69) is 32.5 Å². The second-order valence-electron chi connectivity index (χ2n) is 11.0. The molecule has 0 bridgehead atoms. The molecule has 0 radical (unpaired) electrons. The van der Waals surface area contributed by atoms with Crippen LogP contribution in [0, 0.1) is 12.3 Å². The van der Waals surface area contributed by atoms with Crippen molar-refractivity contribution in [3.8, 4) is 5.75 Å². The second kappa shape index (κ2) is 9.86. The highest BCUT2D eigenvalue weighted by Crippen LogP contribution is 2.49. The van der Waals surface area contributed by atoms with E-state index in [4.69, 9.17) is 0 Å². The number of carbonyl (C=O) groups is 1. The van der Waals surface area contributed by atoms with Crippen LogP contribution in [0.1, 0.15) is 60.4 Å². The summed E-state index contributed by atoms with van der Waals surface area (Å²) in [7, 11) is 3.85. The molecule has 5 rings (SSSR count). The van der Waals surface area contributed by atoms with Gasteiger partial charge in [-0.05, 0) is 43.9 Å². The van der Waals surface area contributed by atoms with Crippen molar-refractivity contribution < 1.29 is 9.90 Å². The normalized spacial score (nSPS) is 18.6. The maximum Gasteiger partial charge on any atom is 0.276 e. The molecular weight excluding hydrogens is 486 g/mol. The number of piperazine rings is 1. The van der Waals surface area contributed by atoms with Gasteiger partial charge in [0.25, 0.3) is 16.8 Å². The molecule has 2 aliphatic rings. The van der Waals surface area contributed by atoms with Crippen LogP contribution >= 0.6 is 0 Å². The Morgan fingerprint density at radius 3 is 2.37 bits per heavy atom. The molecule has 2 aromatic heterocycles. The van der Waals surface area contributed by atoms with Crippen molar-refractivity contribution >= 4 is 23.0 Å². The molecule has 38 heavy (non-hydrogen) atoms. The van der Waals surface area contributed by atoms with Gasteiger partial charge in [0, 0.05) is 45.6 Å². The minimum Gasteiger partial charge on any atom is -0.504 e. The highest BCUT2D eigenvalue weighted by molar-refractivity contribution is 5.97. The lowest BCUT2D eigenvalue weighted by atomic mass is 9.78. The Bertz CT molecular complexity index is 1420. The Morgan fingerprint density at radius 2 is 1.74 bits per heavy atom. The molecule has 3 heterocycles. The summed E-state index contributed by atoms with van der Waals surface area (Å²) >= 11 is 0. The molecule has 1 atom stereocenters. The fourth-order valence-electron chi connectivity index (χ4n) is 5.75. The van der Waals surface area contributed by atoms with Gasteiger partial charge in [0.2, 0.25) is 0 Å². The lowest BCUT2D eigenvalue weighted by molar-refractivity contribution is 0.0655. The number of nitrogens with zero attached hydrogens (tertiary/aromatic N) is 5. The molecule has 2 fully saturated rings. The third-order valence-corrected chi connectivity index (χ3v) is 8.14. The standard InChI is InChI=1S/C27H35N7O4/c1-16-15-33(4)31-18(16)25(27(2)8-5-6-9-27)30-20-19(23(36)24(20)37)29-17-7-10-28-21(22(17)35)26(38)34-13-11-32(3)12-14-34/h7,10,15,25,30,35H,5-6,8-9,11-14H2,1-4H3,(H,28,29)/t25-/m0/s1. The number of aromatic hydroxyl groups is 1. The monoisotopic (exact) mass is 521 g/mol. The number of aromatic nitrogens is 3. The van der Waals surface area contributed by atoms with Crippen molar-refractivity contribution in [3.05, 3.63) is 55.9 Å². The van der Waals surface area contributed by atoms with Crippen LogP contribution in [0.2, 0.25) is 0 Å². The number of aryl methyl sites for hydroxylation is 2. The summed E-state index contributed by atoms with van der Waals surface area (Å²) < 4.78 is 1.76. The van der Waals surface area contributed by atoms with E-state index in [1.165, 1.54) is 12.3 Å². The first-order valence-electron chi connectivity index (χ1n) is 13.1. The Kier molecular flexibility index (Phi) is 6.72. The minimum atomic E-state index is -0.677. The summed E-state index contributed by atoms with van der Waals surface area (Å²) in [5, 5.41) is 21.9. The van der Waals surface area contributed by atoms with Crippen molar-refractivity contribution in [2.24, 2.45) is 12.5 Å². The fraction of sp³-hybridized carbons (Fsp3) is 0.519. The van der Waals surface area contributed by atoms with E-state index in [9.17, 15) is 19.5 Å². The molecule has 3 N–H and O–H groups in total. The second-order valence-corrected chi connectivity index (χ2v) is 11.0. The number of hydrogen-bond acceptors (Lipinski definition) is 9. The molecule has 1 aliphatic carbocycles. The zero-order chi connectivity index (χ0) is 27.2. The number of hydrogen-bond donors (Lipinski definition) is 3. The van der Waals surface area contributed by atoms with Crippen molar-refractivity contribution in [2.45, 2.75) is 45.6 Å². The van der Waals surface area contributed by atoms with E-state index >= 15 is 0 Å². The van der Waals surface area contributed by atoms with Gasteiger partial charge in [-0.1, -0.05) is 19.8 Å². The van der Waals surface area contributed by atoms with Crippen molar-refractivity contribution in [3.63, 3.8) is 0 Å². The third-order valence-electron chi connectivity index (χ3n) is 8.14. The molecule has 1 amide bonds. The number of carbonyl (C=O) groups excluding carboxylic acids is 1. The van der Waals surface area contributed by atoms with E-state index in [0.717, 1.165) is 50.0 Å². The van der Waals surface area contributed by atoms with Gasteiger partial charge in [0.15, 0.2) is 11.4 Å². The first-order chi connectivity index (χ1) is 18.1. The largest absolute Gasteiger partial charge is 0.504 e.